The first-order valence-corrected chi connectivity index (χ1v) is 27.5. The number of unbranched alkanes of at least 4 members (excludes halogenated alkanes) is 22. The highest BCUT2D eigenvalue weighted by atomic mass is 16.8. The monoisotopic (exact) mass is 1010 g/mol. The first kappa shape index (κ1) is 63.1. The Hall–Kier alpha value is -1.17. The lowest BCUT2D eigenvalue weighted by atomic mass is 9.84. The molecule has 3 rings (SSSR count). The van der Waals surface area contributed by atoms with Gasteiger partial charge >= 0.3 is 5.97 Å². The summed E-state index contributed by atoms with van der Waals surface area (Å²) in [7, 11) is 0. The molecule has 3 heterocycles. The van der Waals surface area contributed by atoms with Crippen molar-refractivity contribution in [2.75, 3.05) is 26.4 Å². The molecular formula is C52H98O18. The van der Waals surface area contributed by atoms with Crippen molar-refractivity contribution in [2.45, 2.75) is 286 Å². The number of aliphatic hydroxyl groups is 10. The molecule has 3 saturated heterocycles. The van der Waals surface area contributed by atoms with Gasteiger partial charge in [-0.3, -0.25) is 0 Å². The lowest BCUT2D eigenvalue weighted by molar-refractivity contribution is -0.388. The van der Waals surface area contributed by atoms with Gasteiger partial charge in [-0.1, -0.05) is 175 Å². The van der Waals surface area contributed by atoms with E-state index in [0.717, 1.165) is 38.5 Å². The molecule has 3 aliphatic rings. The maximum atomic E-state index is 12.8. The molecule has 11 N–H and O–H groups in total. The van der Waals surface area contributed by atoms with Gasteiger partial charge in [-0.2, -0.15) is 0 Å². The lowest BCUT2D eigenvalue weighted by Gasteiger charge is -2.50. The van der Waals surface area contributed by atoms with Crippen LogP contribution in [0.3, 0.4) is 0 Å². The van der Waals surface area contributed by atoms with Gasteiger partial charge < -0.3 is 84.6 Å². The second kappa shape index (κ2) is 35.2. The van der Waals surface area contributed by atoms with E-state index in [-0.39, 0.29) is 12.5 Å². The van der Waals surface area contributed by atoms with Gasteiger partial charge in [0, 0.05) is 12.3 Å². The zero-order valence-corrected chi connectivity index (χ0v) is 42.9. The number of aliphatic hydroxyl groups excluding tert-OH is 10. The Bertz CT molecular complexity index is 1300. The third-order valence-electron chi connectivity index (χ3n) is 14.9. The summed E-state index contributed by atoms with van der Waals surface area (Å²) in [4.78, 5) is 12.8. The van der Waals surface area contributed by atoms with Gasteiger partial charge in [-0.15, -0.1) is 0 Å². The van der Waals surface area contributed by atoms with Gasteiger partial charge in [-0.05, 0) is 18.8 Å². The van der Waals surface area contributed by atoms with E-state index in [0.29, 0.717) is 0 Å². The number of hydrogen-bond donors (Lipinski definition) is 11. The van der Waals surface area contributed by atoms with Gasteiger partial charge in [-0.25, -0.2) is 4.79 Å². The van der Waals surface area contributed by atoms with Crippen molar-refractivity contribution in [2.24, 2.45) is 11.8 Å². The van der Waals surface area contributed by atoms with Crippen molar-refractivity contribution in [3.05, 3.63) is 0 Å². The molecule has 0 amide bonds. The van der Waals surface area contributed by atoms with E-state index in [1.807, 2.05) is 0 Å². The quantitative estimate of drug-likeness (QED) is 0.0371. The first-order valence-electron chi connectivity index (χ1n) is 27.5. The highest BCUT2D eigenvalue weighted by Crippen LogP contribution is 2.40. The molecule has 3 aliphatic heterocycles. The molecule has 0 aromatic rings. The zero-order valence-electron chi connectivity index (χ0n) is 42.9. The van der Waals surface area contributed by atoms with Crippen molar-refractivity contribution < 1.29 is 89.4 Å². The molecule has 0 aromatic carbocycles. The Balaban J connectivity index is 1.62. The fourth-order valence-electron chi connectivity index (χ4n) is 10.2. The van der Waals surface area contributed by atoms with Gasteiger partial charge in [0.25, 0.3) is 5.79 Å². The third-order valence-corrected chi connectivity index (χ3v) is 14.9. The minimum atomic E-state index is -2.86. The molecule has 0 aliphatic carbocycles. The molecule has 16 atom stereocenters. The second-order valence-corrected chi connectivity index (χ2v) is 20.7. The standard InChI is InChI=1S/C52H98O18/c1-4-6-8-10-12-14-16-18-20-22-24-26-28-36(29-27-25-23-21-19-17-15-13-11-9-7-5-2)34-65-49-44(61)43(60)47(40(33-55)67-49)68-50-45(62)48(42(59)39(32-54)66-50)70-52(51(63)64)30-37(56)35(3)46(69-52)41(58)38(57)31-53/h35-50,53-62H,4-34H2,1-3H3,(H,63,64)/t35-,37?,38+,39?,40?,41+,42-,43?,44?,45?,46+,47+,48-,49-,50-,52-/m0/s1. The third kappa shape index (κ3) is 20.5. The van der Waals surface area contributed by atoms with Crippen LogP contribution < -0.4 is 0 Å². The predicted octanol–water partition coefficient (Wildman–Crippen LogP) is 4.73. The number of rotatable bonds is 39. The number of hydrogen-bond acceptors (Lipinski definition) is 17. The van der Waals surface area contributed by atoms with Crippen LogP contribution in [-0.2, 0) is 33.2 Å². The molecule has 0 radical (unpaired) electrons. The van der Waals surface area contributed by atoms with Crippen LogP contribution in [0.4, 0.5) is 0 Å². The Morgan fingerprint density at radius 2 is 1.06 bits per heavy atom. The van der Waals surface area contributed by atoms with Crippen LogP contribution in [-0.4, -0.2) is 180 Å². The summed E-state index contributed by atoms with van der Waals surface area (Å²) < 4.78 is 35.2. The molecule has 0 spiro atoms. The van der Waals surface area contributed by atoms with Crippen molar-refractivity contribution in [3.63, 3.8) is 0 Å². The first-order chi connectivity index (χ1) is 33.7. The van der Waals surface area contributed by atoms with E-state index in [4.69, 9.17) is 28.4 Å². The van der Waals surface area contributed by atoms with Gasteiger partial charge in [0.15, 0.2) is 12.6 Å². The summed E-state index contributed by atoms with van der Waals surface area (Å²) in [6.07, 6.45) is 7.01. The lowest BCUT2D eigenvalue weighted by Crippen LogP contribution is -2.68. The molecule has 70 heavy (non-hydrogen) atoms. The molecule has 18 nitrogen and oxygen atoms in total. The maximum absolute atomic E-state index is 12.8. The summed E-state index contributed by atoms with van der Waals surface area (Å²) in [5.74, 6) is -5.50. The van der Waals surface area contributed by atoms with Crippen LogP contribution in [0, 0.1) is 11.8 Å². The number of aliphatic carboxylic acids is 1. The van der Waals surface area contributed by atoms with E-state index in [1.54, 1.807) is 0 Å². The minimum Gasteiger partial charge on any atom is -0.477 e. The largest absolute Gasteiger partial charge is 0.477 e. The van der Waals surface area contributed by atoms with Gasteiger partial charge in [0.2, 0.25) is 0 Å². The summed E-state index contributed by atoms with van der Waals surface area (Å²) in [5.41, 5.74) is 0. The van der Waals surface area contributed by atoms with Crippen molar-refractivity contribution in [1.82, 2.24) is 0 Å². The average Bonchev–Trinajstić information content (AvgIpc) is 3.35. The molecule has 6 unspecified atom stereocenters. The highest BCUT2D eigenvalue weighted by Gasteiger charge is 2.59. The summed E-state index contributed by atoms with van der Waals surface area (Å²) in [6.45, 7) is 3.59. The van der Waals surface area contributed by atoms with Crippen molar-refractivity contribution >= 4 is 5.97 Å². The normalized spacial score (nSPS) is 32.6. The summed E-state index contributed by atoms with van der Waals surface area (Å²) in [5, 5.41) is 118. The minimum absolute atomic E-state index is 0.176. The van der Waals surface area contributed by atoms with Gasteiger partial charge in [0.05, 0.1) is 38.6 Å². The van der Waals surface area contributed by atoms with Crippen LogP contribution in [0.1, 0.15) is 194 Å². The fourth-order valence-corrected chi connectivity index (χ4v) is 10.2. The van der Waals surface area contributed by atoms with E-state index < -0.39 is 130 Å². The van der Waals surface area contributed by atoms with Crippen LogP contribution in [0.2, 0.25) is 0 Å². The zero-order chi connectivity index (χ0) is 51.5. The van der Waals surface area contributed by atoms with E-state index in [1.165, 1.54) is 135 Å². The smallest absolute Gasteiger partial charge is 0.364 e. The second-order valence-electron chi connectivity index (χ2n) is 20.7. The van der Waals surface area contributed by atoms with Crippen LogP contribution in [0.15, 0.2) is 0 Å². The molecular weight excluding hydrogens is 913 g/mol. The predicted molar refractivity (Wildman–Crippen MR) is 260 cm³/mol. The number of carboxylic acid groups (broad SMARTS) is 1. The van der Waals surface area contributed by atoms with Crippen LogP contribution in [0.5, 0.6) is 0 Å². The van der Waals surface area contributed by atoms with Crippen LogP contribution in [0.25, 0.3) is 0 Å². The average molecular weight is 1010 g/mol. The highest BCUT2D eigenvalue weighted by molar-refractivity contribution is 5.76. The number of ether oxygens (including phenoxy) is 6. The Kier molecular flexibility index (Phi) is 31.7. The number of carboxylic acids is 1. The van der Waals surface area contributed by atoms with Crippen LogP contribution >= 0.6 is 0 Å². The molecule has 18 heteroatoms. The topological polar surface area (TPSA) is 295 Å². The summed E-state index contributed by atoms with van der Waals surface area (Å²) >= 11 is 0. The van der Waals surface area contributed by atoms with E-state index >= 15 is 0 Å². The number of carbonyl (C=O) groups is 1. The van der Waals surface area contributed by atoms with E-state index in [9.17, 15) is 61.0 Å². The molecule has 3 fully saturated rings. The molecule has 0 aromatic heterocycles. The SMILES string of the molecule is CCCCCCCCCCCCCCC(CCCCCCCCCCCCCC)CO[C@H]1OC(CO)[C@@H](O[C@@H]2OC(CO)[C@H](O)[C@H](O[C@]3(C(=O)O)CC(O)[C@H](C)[C@H]([C@H](O)[C@H](O)CO)O3)C2O)C(O)C1O. The summed E-state index contributed by atoms with van der Waals surface area (Å²) in [6, 6.07) is 0. The Morgan fingerprint density at radius 1 is 0.600 bits per heavy atom. The maximum Gasteiger partial charge on any atom is 0.364 e. The Morgan fingerprint density at radius 3 is 1.50 bits per heavy atom. The molecule has 0 saturated carbocycles. The van der Waals surface area contributed by atoms with Crippen molar-refractivity contribution in [1.29, 1.82) is 0 Å². The van der Waals surface area contributed by atoms with Gasteiger partial charge in [0.1, 0.15) is 61.0 Å². The fraction of sp³-hybridized carbons (Fsp3) is 0.981. The Labute approximate surface area is 418 Å². The molecule has 0 bridgehead atoms. The van der Waals surface area contributed by atoms with Crippen molar-refractivity contribution in [3.8, 4) is 0 Å². The molecule has 414 valence electrons. The van der Waals surface area contributed by atoms with E-state index in [2.05, 4.69) is 13.8 Å².